The minimum Gasteiger partial charge on any atom is -0.619 e. The molecule has 3 N–H and O–H groups in total. The van der Waals surface area contributed by atoms with Crippen LogP contribution < -0.4 is 15.4 Å². The molecule has 16 heteroatoms. The third kappa shape index (κ3) is 7.17. The van der Waals surface area contributed by atoms with Crippen molar-refractivity contribution in [3.8, 4) is 0 Å². The molecule has 0 saturated carbocycles. The molecule has 4 rings (SSSR count). The van der Waals surface area contributed by atoms with Crippen LogP contribution in [-0.4, -0.2) is 53.7 Å². The predicted octanol–water partition coefficient (Wildman–Crippen LogP) is 4.54. The van der Waals surface area contributed by atoms with E-state index in [1.54, 1.807) is 12.1 Å². The smallest absolute Gasteiger partial charge is 0.326 e. The van der Waals surface area contributed by atoms with Crippen molar-refractivity contribution < 1.29 is 32.6 Å². The largest absolute Gasteiger partial charge is 0.619 e. The van der Waals surface area contributed by atoms with Gasteiger partial charge in [-0.2, -0.15) is 9.04 Å². The van der Waals surface area contributed by atoms with Gasteiger partial charge >= 0.3 is 5.97 Å². The van der Waals surface area contributed by atoms with Gasteiger partial charge in [0.25, 0.3) is 5.91 Å². The Morgan fingerprint density at radius 3 is 2.19 bits per heavy atom. The molecular formula is C27H24Cl4N4O7S. The van der Waals surface area contributed by atoms with Crippen LogP contribution in [0.4, 0.5) is 5.69 Å². The SMILES string of the molecule is C[C@@]1(C(=O)N[C@@H](Cc2ccc(NC(=O)c3c(Cl)c[n+]([O-])cc3Cl)cc2)C(=O)O)CCCN1S(=O)(=O)c1cc(Cl)cc(Cl)c1. The van der Waals surface area contributed by atoms with Crippen LogP contribution in [0.1, 0.15) is 35.7 Å². The maximum atomic E-state index is 13.5. The highest BCUT2D eigenvalue weighted by Crippen LogP contribution is 2.36. The number of amides is 2. The van der Waals surface area contributed by atoms with E-state index in [0.717, 1.165) is 16.7 Å². The minimum absolute atomic E-state index is 0.0393. The molecule has 2 heterocycles. The fourth-order valence-corrected chi connectivity index (χ4v) is 7.90. The number of sulfonamides is 1. The van der Waals surface area contributed by atoms with Gasteiger partial charge in [0.2, 0.25) is 15.9 Å². The van der Waals surface area contributed by atoms with E-state index in [-0.39, 0.29) is 49.9 Å². The molecule has 0 aliphatic carbocycles. The van der Waals surface area contributed by atoms with Crippen LogP contribution >= 0.6 is 46.4 Å². The molecule has 43 heavy (non-hydrogen) atoms. The molecule has 1 fully saturated rings. The topological polar surface area (TPSA) is 160 Å². The quantitative estimate of drug-likeness (QED) is 0.220. The molecule has 0 radical (unpaired) electrons. The molecule has 0 bridgehead atoms. The van der Waals surface area contributed by atoms with Gasteiger partial charge < -0.3 is 20.9 Å². The fourth-order valence-electron chi connectivity index (χ4n) is 4.74. The van der Waals surface area contributed by atoms with Crippen LogP contribution in [0.2, 0.25) is 20.1 Å². The highest BCUT2D eigenvalue weighted by atomic mass is 35.5. The van der Waals surface area contributed by atoms with Crippen LogP contribution in [0.15, 0.2) is 59.8 Å². The second kappa shape index (κ2) is 12.8. The lowest BCUT2D eigenvalue weighted by atomic mass is 9.97. The van der Waals surface area contributed by atoms with Crippen molar-refractivity contribution in [1.29, 1.82) is 0 Å². The maximum absolute atomic E-state index is 13.5. The summed E-state index contributed by atoms with van der Waals surface area (Å²) in [5.74, 6) is -2.76. The lowest BCUT2D eigenvalue weighted by Crippen LogP contribution is -2.58. The van der Waals surface area contributed by atoms with Gasteiger partial charge in [-0.05, 0) is 55.7 Å². The Bertz CT molecular complexity index is 1660. The Morgan fingerprint density at radius 2 is 1.63 bits per heavy atom. The Morgan fingerprint density at radius 1 is 1.05 bits per heavy atom. The predicted molar refractivity (Wildman–Crippen MR) is 161 cm³/mol. The molecule has 1 aromatic heterocycles. The van der Waals surface area contributed by atoms with Gasteiger partial charge in [0, 0.05) is 28.7 Å². The van der Waals surface area contributed by atoms with Crippen LogP contribution in [-0.2, 0) is 26.0 Å². The number of carboxylic acids is 1. The Kier molecular flexibility index (Phi) is 9.79. The van der Waals surface area contributed by atoms with Gasteiger partial charge in [-0.3, -0.25) is 9.59 Å². The van der Waals surface area contributed by atoms with Crippen molar-refractivity contribution in [2.24, 2.45) is 0 Å². The summed E-state index contributed by atoms with van der Waals surface area (Å²) < 4.78 is 28.4. The third-order valence-corrected chi connectivity index (χ3v) is 9.94. The van der Waals surface area contributed by atoms with Gasteiger partial charge in [0.15, 0.2) is 12.4 Å². The van der Waals surface area contributed by atoms with Crippen molar-refractivity contribution in [3.63, 3.8) is 0 Å². The number of nitrogens with zero attached hydrogens (tertiary/aromatic N) is 2. The number of nitrogens with one attached hydrogen (secondary N) is 2. The highest BCUT2D eigenvalue weighted by Gasteiger charge is 2.50. The summed E-state index contributed by atoms with van der Waals surface area (Å²) in [5, 5.41) is 26.3. The first kappa shape index (κ1) is 32.8. The number of anilines is 1. The lowest BCUT2D eigenvalue weighted by molar-refractivity contribution is -0.605. The summed E-state index contributed by atoms with van der Waals surface area (Å²) >= 11 is 24.0. The highest BCUT2D eigenvalue weighted by molar-refractivity contribution is 7.89. The maximum Gasteiger partial charge on any atom is 0.326 e. The van der Waals surface area contributed by atoms with E-state index in [1.165, 1.54) is 37.3 Å². The lowest BCUT2D eigenvalue weighted by Gasteiger charge is -2.34. The number of pyridine rings is 1. The zero-order chi connectivity index (χ0) is 31.7. The van der Waals surface area contributed by atoms with E-state index in [2.05, 4.69) is 10.6 Å². The first-order valence-electron chi connectivity index (χ1n) is 12.6. The monoisotopic (exact) mass is 688 g/mol. The average molecular weight is 690 g/mol. The van der Waals surface area contributed by atoms with Crippen LogP contribution in [0.5, 0.6) is 0 Å². The Balaban J connectivity index is 1.47. The van der Waals surface area contributed by atoms with Crippen molar-refractivity contribution in [3.05, 3.63) is 91.3 Å². The number of carbonyl (C=O) groups excluding carboxylic acids is 2. The van der Waals surface area contributed by atoms with Gasteiger partial charge in [-0.15, -0.1) is 0 Å². The fraction of sp³-hybridized carbons (Fsp3) is 0.259. The molecule has 3 aromatic rings. The zero-order valence-electron chi connectivity index (χ0n) is 22.3. The van der Waals surface area contributed by atoms with Crippen LogP contribution in [0.3, 0.4) is 0 Å². The Labute approximate surface area is 266 Å². The molecule has 2 atom stereocenters. The number of halogens is 4. The number of hydrogen-bond donors (Lipinski definition) is 3. The number of aliphatic carboxylic acids is 1. The number of aromatic nitrogens is 1. The van der Waals surface area contributed by atoms with Crippen LogP contribution in [0.25, 0.3) is 0 Å². The first-order chi connectivity index (χ1) is 20.1. The number of carboxylic acid groups (broad SMARTS) is 1. The molecule has 2 aromatic carbocycles. The second-order valence-corrected chi connectivity index (χ2v) is 13.5. The molecule has 0 spiro atoms. The van der Waals surface area contributed by atoms with Gasteiger partial charge in [0.1, 0.15) is 21.6 Å². The van der Waals surface area contributed by atoms with Crippen molar-refractivity contribution in [1.82, 2.24) is 9.62 Å². The van der Waals surface area contributed by atoms with Crippen LogP contribution in [0, 0.1) is 5.21 Å². The molecule has 228 valence electrons. The number of hydrogen-bond acceptors (Lipinski definition) is 6. The molecule has 1 saturated heterocycles. The van der Waals surface area contributed by atoms with E-state index >= 15 is 0 Å². The van der Waals surface area contributed by atoms with E-state index in [1.807, 2.05) is 0 Å². The van der Waals surface area contributed by atoms with Gasteiger partial charge in [-0.1, -0.05) is 58.5 Å². The molecular weight excluding hydrogens is 666 g/mol. The molecule has 11 nitrogen and oxygen atoms in total. The van der Waals surface area contributed by atoms with Crippen molar-refractivity contribution in [2.45, 2.75) is 42.7 Å². The average Bonchev–Trinajstić information content (AvgIpc) is 3.31. The normalized spacial score (nSPS) is 17.8. The summed E-state index contributed by atoms with van der Waals surface area (Å²) in [7, 11) is -4.21. The zero-order valence-corrected chi connectivity index (χ0v) is 26.2. The third-order valence-electron chi connectivity index (χ3n) is 6.93. The summed E-state index contributed by atoms with van der Waals surface area (Å²) in [5.41, 5.74) is -0.830. The van der Waals surface area contributed by atoms with E-state index in [4.69, 9.17) is 46.4 Å². The first-order valence-corrected chi connectivity index (χ1v) is 15.6. The van der Waals surface area contributed by atoms with E-state index in [9.17, 15) is 33.1 Å². The molecule has 0 unspecified atom stereocenters. The van der Waals surface area contributed by atoms with E-state index in [0.29, 0.717) is 22.4 Å². The molecule has 1 aliphatic rings. The molecule has 1 aliphatic heterocycles. The van der Waals surface area contributed by atoms with Crippen molar-refractivity contribution >= 4 is 79.9 Å². The summed E-state index contributed by atoms with van der Waals surface area (Å²) in [6.45, 7) is 1.48. The standard InChI is InChI=1S/C27H24Cl4N4O7S/c1-27(7-2-8-35(27)43(41,42)19-11-16(28)10-17(29)12-19)26(39)33-22(25(37)38)9-15-3-5-18(6-4-15)32-24(36)23-20(30)13-34(40)14-21(23)31/h3-6,10-14,22H,2,7-9H2,1H3,(H,32,36)(H,33,39)(H,37,38)/t22-,27-/m0/s1. The number of rotatable bonds is 9. The Hall–Kier alpha value is -3.13. The summed E-state index contributed by atoms with van der Waals surface area (Å²) in [6, 6.07) is 8.57. The minimum atomic E-state index is -4.21. The summed E-state index contributed by atoms with van der Waals surface area (Å²) in [4.78, 5) is 38.0. The second-order valence-electron chi connectivity index (χ2n) is 9.97. The number of carbonyl (C=O) groups is 3. The van der Waals surface area contributed by atoms with Crippen molar-refractivity contribution in [2.75, 3.05) is 11.9 Å². The number of benzene rings is 2. The van der Waals surface area contributed by atoms with E-state index < -0.39 is 39.4 Å². The van der Waals surface area contributed by atoms with Gasteiger partial charge in [0.05, 0.1) is 10.5 Å². The van der Waals surface area contributed by atoms with Gasteiger partial charge in [-0.25, -0.2) is 13.2 Å². The molecule has 2 amide bonds. The summed E-state index contributed by atoms with van der Waals surface area (Å²) in [6.07, 6.45) is 2.37.